The topological polar surface area (TPSA) is 63.4 Å². The van der Waals surface area contributed by atoms with Gasteiger partial charge in [0.25, 0.3) is 0 Å². The molecule has 3 aromatic carbocycles. The predicted molar refractivity (Wildman–Crippen MR) is 133 cm³/mol. The Kier molecular flexibility index (Phi) is 7.17. The van der Waals surface area contributed by atoms with Gasteiger partial charge in [0.15, 0.2) is 11.6 Å². The summed E-state index contributed by atoms with van der Waals surface area (Å²) in [5.74, 6) is -0.667. The van der Waals surface area contributed by atoms with Gasteiger partial charge in [-0.15, -0.1) is 0 Å². The second-order valence-electron chi connectivity index (χ2n) is 9.04. The van der Waals surface area contributed by atoms with Crippen molar-refractivity contribution in [3.05, 3.63) is 107 Å². The first-order chi connectivity index (χ1) is 16.0. The number of likely N-dealkylation sites (tertiary alicyclic amines) is 1. The zero-order valence-electron chi connectivity index (χ0n) is 19.4. The van der Waals surface area contributed by atoms with Crippen molar-refractivity contribution in [2.75, 3.05) is 26.2 Å². The first kappa shape index (κ1) is 23.1. The van der Waals surface area contributed by atoms with Crippen molar-refractivity contribution in [2.24, 2.45) is 17.6 Å². The number of nitrogens with two attached hydrogens (primary N) is 1. The highest BCUT2D eigenvalue weighted by atomic mass is 16.1. The van der Waals surface area contributed by atoms with Crippen molar-refractivity contribution in [3.8, 4) is 0 Å². The second kappa shape index (κ2) is 10.2. The van der Waals surface area contributed by atoms with E-state index < -0.39 is 0 Å². The normalized spacial score (nSPS) is 21.0. The second-order valence-corrected chi connectivity index (χ2v) is 9.04. The number of Topliss-reactive ketones (excluding diaryl/α,β-unsaturated/α-hetero) is 2. The van der Waals surface area contributed by atoms with E-state index in [0.717, 1.165) is 11.1 Å². The highest BCUT2D eigenvalue weighted by Crippen LogP contribution is 2.42. The van der Waals surface area contributed by atoms with Crippen molar-refractivity contribution in [3.63, 3.8) is 0 Å². The summed E-state index contributed by atoms with van der Waals surface area (Å²) in [6.07, 6.45) is 0. The molecule has 1 aliphatic heterocycles. The molecule has 4 heteroatoms. The van der Waals surface area contributed by atoms with Crippen molar-refractivity contribution < 1.29 is 9.59 Å². The molecule has 0 saturated carbocycles. The highest BCUT2D eigenvalue weighted by Gasteiger charge is 2.45. The van der Waals surface area contributed by atoms with E-state index in [2.05, 4.69) is 30.9 Å². The van der Waals surface area contributed by atoms with Gasteiger partial charge < -0.3 is 10.6 Å². The minimum atomic E-state index is -0.328. The van der Waals surface area contributed by atoms with Gasteiger partial charge in [0.05, 0.1) is 0 Å². The van der Waals surface area contributed by atoms with Gasteiger partial charge in [0.2, 0.25) is 0 Å². The third-order valence-corrected chi connectivity index (χ3v) is 7.02. The Labute approximate surface area is 196 Å². The fourth-order valence-electron chi connectivity index (χ4n) is 5.20. The molecule has 1 heterocycles. The minimum Gasteiger partial charge on any atom is -0.329 e. The fourth-order valence-corrected chi connectivity index (χ4v) is 5.20. The van der Waals surface area contributed by atoms with E-state index in [-0.39, 0.29) is 29.3 Å². The molecular weight excluding hydrogens is 408 g/mol. The number of carbonyl (C=O) groups excluding carboxylic acids is 2. The maximum Gasteiger partial charge on any atom is 0.167 e. The van der Waals surface area contributed by atoms with Crippen molar-refractivity contribution in [1.29, 1.82) is 0 Å². The van der Waals surface area contributed by atoms with Crippen molar-refractivity contribution in [2.45, 2.75) is 19.8 Å². The molecule has 0 spiro atoms. The lowest BCUT2D eigenvalue weighted by molar-refractivity contribution is 0.0579. The highest BCUT2D eigenvalue weighted by molar-refractivity contribution is 6.02. The van der Waals surface area contributed by atoms with Crippen LogP contribution in [0.3, 0.4) is 0 Å². The summed E-state index contributed by atoms with van der Waals surface area (Å²) >= 11 is 0. The summed E-state index contributed by atoms with van der Waals surface area (Å²) in [5, 5.41) is 0. The molecule has 1 aliphatic rings. The van der Waals surface area contributed by atoms with Crippen LogP contribution in [0.4, 0.5) is 0 Å². The van der Waals surface area contributed by atoms with Crippen LogP contribution < -0.4 is 5.73 Å². The summed E-state index contributed by atoms with van der Waals surface area (Å²) in [6, 6.07) is 25.1. The number of hydrogen-bond donors (Lipinski definition) is 1. The van der Waals surface area contributed by atoms with E-state index in [4.69, 9.17) is 5.73 Å². The summed E-state index contributed by atoms with van der Waals surface area (Å²) in [5.41, 5.74) is 10.7. The van der Waals surface area contributed by atoms with Crippen LogP contribution in [0.1, 0.15) is 43.3 Å². The fraction of sp³-hybridized carbons (Fsp3) is 0.310. The maximum atomic E-state index is 13.9. The van der Waals surface area contributed by atoms with Gasteiger partial charge >= 0.3 is 0 Å². The van der Waals surface area contributed by atoms with Crippen LogP contribution in [-0.2, 0) is 0 Å². The molecule has 33 heavy (non-hydrogen) atoms. The van der Waals surface area contributed by atoms with E-state index in [1.165, 1.54) is 5.56 Å². The number of piperidine rings is 1. The molecule has 0 aromatic heterocycles. The third kappa shape index (κ3) is 4.82. The molecule has 4 nitrogen and oxygen atoms in total. The van der Waals surface area contributed by atoms with E-state index in [9.17, 15) is 9.59 Å². The monoisotopic (exact) mass is 440 g/mol. The standard InChI is InChI=1S/C29H32N2O2/c1-20-10-9-15-24(21(20)2)27-25(28(32)22-11-5-3-6-12-22)18-31(17-16-30)19-26(27)29(33)23-13-7-4-8-14-23/h3-15,25-27H,16-19,30H2,1-2H3. The molecule has 170 valence electrons. The van der Waals surface area contributed by atoms with Crippen LogP contribution in [0.5, 0.6) is 0 Å². The van der Waals surface area contributed by atoms with Crippen molar-refractivity contribution in [1.82, 2.24) is 4.90 Å². The van der Waals surface area contributed by atoms with Gasteiger partial charge in [-0.1, -0.05) is 78.9 Å². The lowest BCUT2D eigenvalue weighted by atomic mass is 9.67. The number of benzene rings is 3. The van der Waals surface area contributed by atoms with E-state index >= 15 is 0 Å². The maximum absolute atomic E-state index is 13.9. The van der Waals surface area contributed by atoms with Gasteiger partial charge in [0.1, 0.15) is 0 Å². The summed E-state index contributed by atoms with van der Waals surface area (Å²) < 4.78 is 0. The molecule has 1 fully saturated rings. The average Bonchev–Trinajstić information content (AvgIpc) is 2.86. The predicted octanol–water partition coefficient (Wildman–Crippen LogP) is 4.66. The number of aryl methyl sites for hydroxylation is 1. The quantitative estimate of drug-likeness (QED) is 0.543. The van der Waals surface area contributed by atoms with E-state index in [0.29, 0.717) is 37.3 Å². The minimum absolute atomic E-state index is 0.0917. The van der Waals surface area contributed by atoms with Gasteiger partial charge in [-0.05, 0) is 30.5 Å². The smallest absolute Gasteiger partial charge is 0.167 e. The molecule has 3 aromatic rings. The SMILES string of the molecule is Cc1cccc(C2C(C(=O)c3ccccc3)CN(CCN)CC2C(=O)c2ccccc2)c1C. The number of ketones is 2. The lowest BCUT2D eigenvalue weighted by Gasteiger charge is -2.43. The number of hydrogen-bond acceptors (Lipinski definition) is 4. The number of rotatable bonds is 7. The van der Waals surface area contributed by atoms with Crippen molar-refractivity contribution >= 4 is 11.6 Å². The molecule has 2 unspecified atom stereocenters. The Hall–Kier alpha value is -3.08. The number of carbonyl (C=O) groups is 2. The first-order valence-electron chi connectivity index (χ1n) is 11.7. The first-order valence-corrected chi connectivity index (χ1v) is 11.7. The largest absolute Gasteiger partial charge is 0.329 e. The summed E-state index contributed by atoms with van der Waals surface area (Å²) in [4.78, 5) is 29.9. The third-order valence-electron chi connectivity index (χ3n) is 7.02. The van der Waals surface area contributed by atoms with Crippen LogP contribution >= 0.6 is 0 Å². The lowest BCUT2D eigenvalue weighted by Crippen LogP contribution is -2.51. The molecule has 2 atom stereocenters. The van der Waals surface area contributed by atoms with Crippen LogP contribution in [0.15, 0.2) is 78.9 Å². The molecular formula is C29H32N2O2. The van der Waals surface area contributed by atoms with Gasteiger partial charge in [-0.3, -0.25) is 9.59 Å². The summed E-state index contributed by atoms with van der Waals surface area (Å²) in [7, 11) is 0. The average molecular weight is 441 g/mol. The molecule has 1 saturated heterocycles. The van der Waals surface area contributed by atoms with Crippen LogP contribution in [0.2, 0.25) is 0 Å². The molecule has 0 aliphatic carbocycles. The molecule has 4 rings (SSSR count). The van der Waals surface area contributed by atoms with Crippen LogP contribution in [-0.4, -0.2) is 42.6 Å². The summed E-state index contributed by atoms with van der Waals surface area (Å²) in [6.45, 7) is 6.54. The van der Waals surface area contributed by atoms with Gasteiger partial charge in [0, 0.05) is 55.1 Å². The van der Waals surface area contributed by atoms with E-state index in [1.807, 2.05) is 66.7 Å². The van der Waals surface area contributed by atoms with E-state index in [1.54, 1.807) is 0 Å². The number of nitrogens with zero attached hydrogens (tertiary/aromatic N) is 1. The Morgan fingerprint density at radius 1 is 0.788 bits per heavy atom. The molecule has 2 N–H and O–H groups in total. The Bertz CT molecular complexity index is 1050. The van der Waals surface area contributed by atoms with Crippen LogP contribution in [0, 0.1) is 25.7 Å². The molecule has 0 amide bonds. The Balaban J connectivity index is 1.85. The molecule has 0 radical (unpaired) electrons. The Morgan fingerprint density at radius 3 is 1.79 bits per heavy atom. The Morgan fingerprint density at radius 2 is 1.30 bits per heavy atom. The molecule has 0 bridgehead atoms. The zero-order valence-corrected chi connectivity index (χ0v) is 19.4. The van der Waals surface area contributed by atoms with Gasteiger partial charge in [-0.2, -0.15) is 0 Å². The van der Waals surface area contributed by atoms with Gasteiger partial charge in [-0.25, -0.2) is 0 Å². The zero-order chi connectivity index (χ0) is 23.4. The van der Waals surface area contributed by atoms with Crippen LogP contribution in [0.25, 0.3) is 0 Å².